The summed E-state index contributed by atoms with van der Waals surface area (Å²) in [5.41, 5.74) is 2.52. The number of nitrogens with one attached hydrogen (secondary N) is 1. The van der Waals surface area contributed by atoms with Crippen molar-refractivity contribution in [1.82, 2.24) is 10.2 Å². The Morgan fingerprint density at radius 3 is 2.58 bits per heavy atom. The highest BCUT2D eigenvalue weighted by Crippen LogP contribution is 2.48. The minimum Gasteiger partial charge on any atom is -0.378 e. The maximum atomic E-state index is 12.8. The quantitative estimate of drug-likeness (QED) is 0.902. The maximum absolute atomic E-state index is 12.8. The van der Waals surface area contributed by atoms with Crippen LogP contribution in [0.4, 0.5) is 5.69 Å². The number of benzene rings is 1. The van der Waals surface area contributed by atoms with Gasteiger partial charge in [0.1, 0.15) is 0 Å². The van der Waals surface area contributed by atoms with Crippen molar-refractivity contribution >= 4 is 11.6 Å². The summed E-state index contributed by atoms with van der Waals surface area (Å²) in [4.78, 5) is 17.0. The van der Waals surface area contributed by atoms with E-state index in [2.05, 4.69) is 67.3 Å². The first-order chi connectivity index (χ1) is 11.5. The van der Waals surface area contributed by atoms with Gasteiger partial charge in [-0.15, -0.1) is 0 Å². The van der Waals surface area contributed by atoms with Crippen LogP contribution in [0.2, 0.25) is 0 Å². The first kappa shape index (κ1) is 17.3. The number of hydrogen-bond donors (Lipinski definition) is 1. The predicted molar refractivity (Wildman–Crippen MR) is 99.5 cm³/mol. The molecule has 1 aliphatic carbocycles. The van der Waals surface area contributed by atoms with Crippen molar-refractivity contribution in [1.29, 1.82) is 0 Å². The van der Waals surface area contributed by atoms with E-state index in [1.165, 1.54) is 17.7 Å². The molecule has 1 saturated carbocycles. The molecule has 132 valence electrons. The summed E-state index contributed by atoms with van der Waals surface area (Å²) >= 11 is 0. The first-order valence-corrected chi connectivity index (χ1v) is 9.28. The molecule has 0 aromatic heterocycles. The standard InChI is InChI=1S/C20H31N3O/c1-14(2)21-16-6-5-11-23(13-16)20(24)19-12-18(19)15-7-9-17(10-8-15)22(3)4/h7-10,14,16,18-19,21H,5-6,11-13H2,1-4H3/t16?,18-,19+/m0/s1. The summed E-state index contributed by atoms with van der Waals surface area (Å²) in [5.74, 6) is 0.993. The lowest BCUT2D eigenvalue weighted by Gasteiger charge is -2.34. The molecule has 1 aliphatic heterocycles. The van der Waals surface area contributed by atoms with Crippen LogP contribution in [0.5, 0.6) is 0 Å². The molecule has 1 aromatic rings. The zero-order valence-electron chi connectivity index (χ0n) is 15.5. The summed E-state index contributed by atoms with van der Waals surface area (Å²) in [5, 5.41) is 3.59. The zero-order valence-corrected chi connectivity index (χ0v) is 15.5. The van der Waals surface area contributed by atoms with Gasteiger partial charge in [-0.1, -0.05) is 26.0 Å². The van der Waals surface area contributed by atoms with Gasteiger partial charge in [-0.05, 0) is 42.9 Å². The molecule has 4 heteroatoms. The second-order valence-electron chi connectivity index (χ2n) is 7.88. The number of carbonyl (C=O) groups is 1. The van der Waals surface area contributed by atoms with Crippen molar-refractivity contribution < 1.29 is 4.79 Å². The van der Waals surface area contributed by atoms with Crippen molar-refractivity contribution in [3.05, 3.63) is 29.8 Å². The van der Waals surface area contributed by atoms with Gasteiger partial charge in [0.2, 0.25) is 5.91 Å². The zero-order chi connectivity index (χ0) is 17.3. The third kappa shape index (κ3) is 3.92. The van der Waals surface area contributed by atoms with E-state index in [0.717, 1.165) is 25.9 Å². The molecule has 3 atom stereocenters. The Labute approximate surface area is 146 Å². The Kier molecular flexibility index (Phi) is 5.14. The van der Waals surface area contributed by atoms with Gasteiger partial charge in [0.15, 0.2) is 0 Å². The SMILES string of the molecule is CC(C)NC1CCCN(C(=O)[C@@H]2C[C@H]2c2ccc(N(C)C)cc2)C1. The highest BCUT2D eigenvalue weighted by Gasteiger charge is 2.46. The van der Waals surface area contributed by atoms with Crippen LogP contribution in [0.1, 0.15) is 44.6 Å². The summed E-state index contributed by atoms with van der Waals surface area (Å²) < 4.78 is 0. The molecule has 4 nitrogen and oxygen atoms in total. The molecule has 2 fully saturated rings. The molecule has 3 rings (SSSR count). The summed E-state index contributed by atoms with van der Waals surface area (Å²) in [7, 11) is 4.10. The van der Waals surface area contributed by atoms with Crippen LogP contribution in [0.3, 0.4) is 0 Å². The fraction of sp³-hybridized carbons (Fsp3) is 0.650. The van der Waals surface area contributed by atoms with E-state index in [1.807, 2.05) is 0 Å². The van der Waals surface area contributed by atoms with Crippen LogP contribution >= 0.6 is 0 Å². The summed E-state index contributed by atoms with van der Waals surface area (Å²) in [6.07, 6.45) is 3.31. The fourth-order valence-electron chi connectivity index (χ4n) is 3.88. The molecule has 0 spiro atoms. The topological polar surface area (TPSA) is 35.6 Å². The normalized spacial score (nSPS) is 26.5. The van der Waals surface area contributed by atoms with Crippen molar-refractivity contribution in [3.8, 4) is 0 Å². The number of likely N-dealkylation sites (tertiary alicyclic amines) is 1. The van der Waals surface area contributed by atoms with Crippen LogP contribution in [0.25, 0.3) is 0 Å². The molecule has 0 radical (unpaired) electrons. The monoisotopic (exact) mass is 329 g/mol. The van der Waals surface area contributed by atoms with E-state index in [9.17, 15) is 4.79 Å². The molecule has 24 heavy (non-hydrogen) atoms. The Morgan fingerprint density at radius 1 is 1.25 bits per heavy atom. The van der Waals surface area contributed by atoms with Gasteiger partial charge in [-0.2, -0.15) is 0 Å². The molecule has 1 unspecified atom stereocenters. The van der Waals surface area contributed by atoms with E-state index in [-0.39, 0.29) is 5.92 Å². The minimum absolute atomic E-state index is 0.202. The Balaban J connectivity index is 1.57. The first-order valence-electron chi connectivity index (χ1n) is 9.28. The largest absolute Gasteiger partial charge is 0.378 e. The highest BCUT2D eigenvalue weighted by atomic mass is 16.2. The van der Waals surface area contributed by atoms with E-state index in [4.69, 9.17) is 0 Å². The number of rotatable bonds is 5. The molecule has 1 N–H and O–H groups in total. The molecular weight excluding hydrogens is 298 g/mol. The van der Waals surface area contributed by atoms with Gasteiger partial charge in [-0.3, -0.25) is 4.79 Å². The van der Waals surface area contributed by atoms with E-state index in [0.29, 0.717) is 23.9 Å². The van der Waals surface area contributed by atoms with E-state index in [1.54, 1.807) is 0 Å². The van der Waals surface area contributed by atoms with Crippen LogP contribution in [0, 0.1) is 5.92 Å². The molecule has 1 heterocycles. The summed E-state index contributed by atoms with van der Waals surface area (Å²) in [6.45, 7) is 6.15. The lowest BCUT2D eigenvalue weighted by atomic mass is 10.0. The Hall–Kier alpha value is -1.55. The average molecular weight is 329 g/mol. The highest BCUT2D eigenvalue weighted by molar-refractivity contribution is 5.83. The van der Waals surface area contributed by atoms with Crippen LogP contribution in [0.15, 0.2) is 24.3 Å². The van der Waals surface area contributed by atoms with Crippen LogP contribution < -0.4 is 10.2 Å². The molecule has 0 bridgehead atoms. The third-order valence-corrected chi connectivity index (χ3v) is 5.25. The van der Waals surface area contributed by atoms with E-state index >= 15 is 0 Å². The molecular formula is C20H31N3O. The smallest absolute Gasteiger partial charge is 0.226 e. The van der Waals surface area contributed by atoms with Gasteiger partial charge >= 0.3 is 0 Å². The fourth-order valence-corrected chi connectivity index (χ4v) is 3.88. The molecule has 1 saturated heterocycles. The number of nitrogens with zero attached hydrogens (tertiary/aromatic N) is 2. The lowest BCUT2D eigenvalue weighted by molar-refractivity contribution is -0.134. The Bertz CT molecular complexity index is 567. The van der Waals surface area contributed by atoms with Gasteiger partial charge in [-0.25, -0.2) is 0 Å². The number of piperidine rings is 1. The second-order valence-corrected chi connectivity index (χ2v) is 7.88. The number of anilines is 1. The lowest BCUT2D eigenvalue weighted by Crippen LogP contribution is -2.50. The minimum atomic E-state index is 0.202. The van der Waals surface area contributed by atoms with Crippen molar-refractivity contribution in [2.75, 3.05) is 32.1 Å². The number of amides is 1. The van der Waals surface area contributed by atoms with Crippen molar-refractivity contribution in [2.45, 2.75) is 51.1 Å². The summed E-state index contributed by atoms with van der Waals surface area (Å²) in [6, 6.07) is 9.62. The predicted octanol–water partition coefficient (Wildman–Crippen LogP) is 2.85. The molecule has 1 amide bonds. The average Bonchev–Trinajstić information content (AvgIpc) is 3.34. The van der Waals surface area contributed by atoms with Crippen LogP contribution in [-0.2, 0) is 4.79 Å². The second kappa shape index (κ2) is 7.14. The van der Waals surface area contributed by atoms with Gasteiger partial charge in [0.05, 0.1) is 0 Å². The number of carbonyl (C=O) groups excluding carboxylic acids is 1. The molecule has 1 aromatic carbocycles. The number of hydrogen-bond acceptors (Lipinski definition) is 3. The van der Waals surface area contributed by atoms with Gasteiger partial charge in [0, 0.05) is 50.9 Å². The third-order valence-electron chi connectivity index (χ3n) is 5.25. The van der Waals surface area contributed by atoms with Crippen molar-refractivity contribution in [2.24, 2.45) is 5.92 Å². The Morgan fingerprint density at radius 2 is 1.96 bits per heavy atom. The van der Waals surface area contributed by atoms with Gasteiger partial charge < -0.3 is 15.1 Å². The van der Waals surface area contributed by atoms with Crippen molar-refractivity contribution in [3.63, 3.8) is 0 Å². The van der Waals surface area contributed by atoms with E-state index < -0.39 is 0 Å². The maximum Gasteiger partial charge on any atom is 0.226 e. The van der Waals surface area contributed by atoms with Gasteiger partial charge in [0.25, 0.3) is 0 Å². The van der Waals surface area contributed by atoms with Crippen LogP contribution in [-0.4, -0.2) is 50.1 Å². The molecule has 2 aliphatic rings.